The third-order valence-electron chi connectivity index (χ3n) is 9.69. The van der Waals surface area contributed by atoms with Gasteiger partial charge in [0.05, 0.1) is 23.9 Å². The zero-order valence-electron chi connectivity index (χ0n) is 33.1. The third-order valence-corrected chi connectivity index (χ3v) is 9.69. The Morgan fingerprint density at radius 1 is 1.00 bits per heavy atom. The maximum Gasteiger partial charge on any atom is 0.335 e. The van der Waals surface area contributed by atoms with Crippen molar-refractivity contribution in [1.82, 2.24) is 0 Å². The molecule has 13 atom stereocenters. The van der Waals surface area contributed by atoms with Gasteiger partial charge in [0.1, 0.15) is 12.2 Å². The molecule has 2 heterocycles. The van der Waals surface area contributed by atoms with Gasteiger partial charge in [-0.2, -0.15) is 0 Å². The number of esters is 1. The first-order valence-corrected chi connectivity index (χ1v) is 19.1. The lowest BCUT2D eigenvalue weighted by molar-refractivity contribution is -0.221. The molecule has 0 aliphatic carbocycles. The molecular formula is C40H70O10. The minimum atomic E-state index is -0.933. The summed E-state index contributed by atoms with van der Waals surface area (Å²) in [4.78, 5) is 13.7. The number of allylic oxidation sites excluding steroid dienone is 3. The summed E-state index contributed by atoms with van der Waals surface area (Å²) in [6, 6.07) is 0. The van der Waals surface area contributed by atoms with Crippen molar-refractivity contribution in [3.05, 3.63) is 36.0 Å². The molecule has 2 aliphatic heterocycles. The van der Waals surface area contributed by atoms with Gasteiger partial charge in [-0.3, -0.25) is 0 Å². The van der Waals surface area contributed by atoms with E-state index in [1.807, 2.05) is 73.6 Å². The molecule has 290 valence electrons. The van der Waals surface area contributed by atoms with Crippen LogP contribution in [0.15, 0.2) is 36.0 Å². The molecule has 1 N–H and O–H groups in total. The minimum absolute atomic E-state index is 0.0843. The second-order valence-electron chi connectivity index (χ2n) is 14.2. The monoisotopic (exact) mass is 710 g/mol. The topological polar surface area (TPSA) is 114 Å². The van der Waals surface area contributed by atoms with Crippen LogP contribution < -0.4 is 0 Å². The summed E-state index contributed by atoms with van der Waals surface area (Å²) in [5.74, 6) is -0.119. The summed E-state index contributed by atoms with van der Waals surface area (Å²) in [7, 11) is 0. The van der Waals surface area contributed by atoms with Gasteiger partial charge in [-0.1, -0.05) is 58.1 Å². The number of hydrogen-bond acceptors (Lipinski definition) is 10. The number of carbonyl (C=O) groups is 1. The minimum Gasteiger partial charge on any atom is -0.455 e. The predicted octanol–water partition coefficient (Wildman–Crippen LogP) is 7.67. The Kier molecular flexibility index (Phi) is 20.0. The average Bonchev–Trinajstić information content (AvgIpc) is 3.82. The zero-order valence-corrected chi connectivity index (χ0v) is 33.1. The maximum absolute atomic E-state index is 13.7. The summed E-state index contributed by atoms with van der Waals surface area (Å²) in [5, 5.41) is 11.4. The molecule has 13 unspecified atom stereocenters. The Hall–Kier alpha value is -1.63. The van der Waals surface area contributed by atoms with E-state index in [1.54, 1.807) is 13.0 Å². The molecule has 0 amide bonds. The van der Waals surface area contributed by atoms with Crippen molar-refractivity contribution in [2.24, 2.45) is 17.8 Å². The number of aliphatic hydroxyl groups excluding tert-OH is 1. The van der Waals surface area contributed by atoms with Gasteiger partial charge in [-0.05, 0) is 99.0 Å². The van der Waals surface area contributed by atoms with Crippen LogP contribution in [0.1, 0.15) is 115 Å². The van der Waals surface area contributed by atoms with Gasteiger partial charge in [0.25, 0.3) is 0 Å². The lowest BCUT2D eigenvalue weighted by Crippen LogP contribution is -2.45. The van der Waals surface area contributed by atoms with Crippen LogP contribution in [0.5, 0.6) is 0 Å². The van der Waals surface area contributed by atoms with Crippen molar-refractivity contribution in [1.29, 1.82) is 0 Å². The second-order valence-corrected chi connectivity index (χ2v) is 14.2. The molecule has 0 aromatic heterocycles. The number of rotatable bonds is 20. The Bertz CT molecular complexity index is 1060. The van der Waals surface area contributed by atoms with Crippen molar-refractivity contribution >= 4 is 5.97 Å². The number of carbonyl (C=O) groups excluding carboxylic acids is 1. The molecule has 2 aliphatic rings. The smallest absolute Gasteiger partial charge is 0.335 e. The number of epoxide rings is 1. The average molecular weight is 711 g/mol. The van der Waals surface area contributed by atoms with Crippen molar-refractivity contribution < 1.29 is 47.8 Å². The maximum atomic E-state index is 13.7. The van der Waals surface area contributed by atoms with Gasteiger partial charge in [0, 0.05) is 31.7 Å². The highest BCUT2D eigenvalue weighted by Crippen LogP contribution is 2.38. The first kappa shape index (κ1) is 44.5. The molecule has 0 aromatic rings. The van der Waals surface area contributed by atoms with Crippen LogP contribution >= 0.6 is 0 Å². The van der Waals surface area contributed by atoms with Crippen LogP contribution in [0, 0.1) is 17.8 Å². The fourth-order valence-corrected chi connectivity index (χ4v) is 6.78. The molecule has 0 spiro atoms. The van der Waals surface area contributed by atoms with Crippen LogP contribution in [0.4, 0.5) is 0 Å². The molecular weight excluding hydrogens is 640 g/mol. The number of hydrogen-bond donors (Lipinski definition) is 1. The van der Waals surface area contributed by atoms with Gasteiger partial charge >= 0.3 is 5.97 Å². The highest BCUT2D eigenvalue weighted by Gasteiger charge is 2.46. The fraction of sp³-hybridized carbons (Fsp3) is 0.825. The van der Waals surface area contributed by atoms with E-state index in [0.29, 0.717) is 39.1 Å². The zero-order chi connectivity index (χ0) is 37.4. The predicted molar refractivity (Wildman–Crippen MR) is 195 cm³/mol. The first-order chi connectivity index (χ1) is 23.7. The van der Waals surface area contributed by atoms with E-state index in [4.69, 9.17) is 37.9 Å². The lowest BCUT2D eigenvalue weighted by atomic mass is 9.88. The van der Waals surface area contributed by atoms with E-state index in [1.165, 1.54) is 0 Å². The van der Waals surface area contributed by atoms with Crippen LogP contribution in [0.3, 0.4) is 0 Å². The van der Waals surface area contributed by atoms with Gasteiger partial charge in [-0.15, -0.1) is 0 Å². The Morgan fingerprint density at radius 3 is 2.28 bits per heavy atom. The van der Waals surface area contributed by atoms with Crippen molar-refractivity contribution in [3.8, 4) is 0 Å². The van der Waals surface area contributed by atoms with Crippen molar-refractivity contribution in [2.75, 3.05) is 19.8 Å². The molecule has 50 heavy (non-hydrogen) atoms. The highest BCUT2D eigenvalue weighted by atomic mass is 16.7. The van der Waals surface area contributed by atoms with E-state index in [0.717, 1.165) is 18.4 Å². The van der Waals surface area contributed by atoms with Crippen molar-refractivity contribution in [2.45, 2.75) is 176 Å². The van der Waals surface area contributed by atoms with Crippen LogP contribution in [-0.4, -0.2) is 92.0 Å². The summed E-state index contributed by atoms with van der Waals surface area (Å²) in [6.45, 7) is 25.2. The SMILES string of the molecule is CCOC(C)OC1CCCC(C)(OC(C)OCC)C(O)/C=C/C(C)C(/C(C)=C/C=C/C(C)CC2OC2C(C)C(CC)OC(C)OCC)OC1=O. The normalized spacial score (nSPS) is 32.7. The molecule has 2 rings (SSSR count). The van der Waals surface area contributed by atoms with E-state index >= 15 is 0 Å². The Labute approximate surface area is 303 Å². The van der Waals surface area contributed by atoms with Gasteiger partial charge < -0.3 is 43.0 Å². The molecule has 1 fully saturated rings. The summed E-state index contributed by atoms with van der Waals surface area (Å²) < 4.78 is 47.6. The van der Waals surface area contributed by atoms with E-state index in [9.17, 15) is 9.90 Å². The molecule has 0 saturated carbocycles. The molecule has 0 bridgehead atoms. The third kappa shape index (κ3) is 14.8. The summed E-state index contributed by atoms with van der Waals surface area (Å²) in [5.41, 5.74) is -0.0517. The van der Waals surface area contributed by atoms with Gasteiger partial charge in [0.2, 0.25) is 0 Å². The lowest BCUT2D eigenvalue weighted by Gasteiger charge is -2.37. The standard InChI is InChI=1S/C40H70O10/c1-13-33(46-30(9)43-14-2)29(8)38-35(48-38)25-26(5)19-17-20-27(6)37-28(7)22-23-36(41)40(12,50-32(11)45-16-4)24-18-21-34(39(42)49-37)47-31(10)44-15-3/h17,19-20,22-23,26,28-38,41H,13-16,18,21,24-25H2,1-12H3/b19-17+,23-22+,27-20+. The molecule has 0 aromatic carbocycles. The highest BCUT2D eigenvalue weighted by molar-refractivity contribution is 5.75. The molecule has 0 radical (unpaired) electrons. The van der Waals surface area contributed by atoms with Crippen molar-refractivity contribution in [3.63, 3.8) is 0 Å². The number of ether oxygens (including phenoxy) is 8. The molecule has 1 saturated heterocycles. The van der Waals surface area contributed by atoms with E-state index in [-0.39, 0.29) is 42.4 Å². The second kappa shape index (κ2) is 22.4. The van der Waals surface area contributed by atoms with Crippen LogP contribution in [0.25, 0.3) is 0 Å². The number of cyclic esters (lactones) is 1. The Morgan fingerprint density at radius 2 is 1.64 bits per heavy atom. The molecule has 10 nitrogen and oxygen atoms in total. The Balaban J connectivity index is 2.20. The van der Waals surface area contributed by atoms with Crippen LogP contribution in [-0.2, 0) is 42.7 Å². The van der Waals surface area contributed by atoms with Gasteiger partial charge in [0.15, 0.2) is 25.0 Å². The van der Waals surface area contributed by atoms with E-state index < -0.39 is 42.5 Å². The van der Waals surface area contributed by atoms with E-state index in [2.05, 4.69) is 26.8 Å². The van der Waals surface area contributed by atoms with Gasteiger partial charge in [-0.25, -0.2) is 4.79 Å². The summed E-state index contributed by atoms with van der Waals surface area (Å²) in [6.07, 6.45) is 9.91. The first-order valence-electron chi connectivity index (χ1n) is 19.1. The molecule has 10 heteroatoms. The van der Waals surface area contributed by atoms with Crippen LogP contribution in [0.2, 0.25) is 0 Å². The fourth-order valence-electron chi connectivity index (χ4n) is 6.78. The quantitative estimate of drug-likeness (QED) is 0.0444. The largest absolute Gasteiger partial charge is 0.455 e. The number of aliphatic hydroxyl groups is 1. The summed E-state index contributed by atoms with van der Waals surface area (Å²) >= 11 is 0.